The van der Waals surface area contributed by atoms with Gasteiger partial charge in [0.1, 0.15) is 5.75 Å². The summed E-state index contributed by atoms with van der Waals surface area (Å²) < 4.78 is 5.15. The first kappa shape index (κ1) is 17.8. The lowest BCUT2D eigenvalue weighted by molar-refractivity contribution is -0.142. The van der Waals surface area contributed by atoms with E-state index in [4.69, 9.17) is 4.74 Å². The van der Waals surface area contributed by atoms with Gasteiger partial charge in [-0.25, -0.2) is 0 Å². The van der Waals surface area contributed by atoms with Crippen molar-refractivity contribution in [3.05, 3.63) is 29.8 Å². The van der Waals surface area contributed by atoms with Crippen molar-refractivity contribution in [2.45, 2.75) is 32.6 Å². The van der Waals surface area contributed by atoms with Crippen LogP contribution in [-0.4, -0.2) is 54.9 Å². The van der Waals surface area contributed by atoms with E-state index in [0.717, 1.165) is 17.7 Å². The van der Waals surface area contributed by atoms with E-state index in [1.54, 1.807) is 7.11 Å². The van der Waals surface area contributed by atoms with Gasteiger partial charge in [-0.05, 0) is 42.9 Å². The van der Waals surface area contributed by atoms with Crippen LogP contribution in [0.15, 0.2) is 24.3 Å². The summed E-state index contributed by atoms with van der Waals surface area (Å²) in [7, 11) is 1.65. The highest BCUT2D eigenvalue weighted by Gasteiger charge is 2.36. The third-order valence-corrected chi connectivity index (χ3v) is 5.45. The minimum absolute atomic E-state index is 0.150. The number of benzene rings is 1. The molecular weight excluding hydrogens is 316 g/mol. The molecule has 136 valence electrons. The van der Waals surface area contributed by atoms with Crippen molar-refractivity contribution in [3.63, 3.8) is 0 Å². The Bertz CT molecular complexity index is 602. The van der Waals surface area contributed by atoms with Gasteiger partial charge in [0.2, 0.25) is 11.8 Å². The highest BCUT2D eigenvalue weighted by atomic mass is 16.5. The van der Waals surface area contributed by atoms with Gasteiger partial charge >= 0.3 is 0 Å². The molecule has 0 N–H and O–H groups in total. The number of amides is 2. The molecule has 1 saturated carbocycles. The van der Waals surface area contributed by atoms with Crippen LogP contribution >= 0.6 is 0 Å². The first-order valence-corrected chi connectivity index (χ1v) is 9.28. The van der Waals surface area contributed by atoms with Gasteiger partial charge in [0.05, 0.1) is 7.11 Å². The van der Waals surface area contributed by atoms with Crippen molar-refractivity contribution in [1.82, 2.24) is 9.80 Å². The van der Waals surface area contributed by atoms with Crippen LogP contribution in [0.25, 0.3) is 0 Å². The molecule has 1 aliphatic carbocycles. The normalized spacial score (nSPS) is 18.8. The van der Waals surface area contributed by atoms with Crippen LogP contribution in [-0.2, 0) is 16.0 Å². The van der Waals surface area contributed by atoms with Crippen LogP contribution in [0.5, 0.6) is 5.75 Å². The Morgan fingerprint density at radius 3 is 2.24 bits per heavy atom. The summed E-state index contributed by atoms with van der Waals surface area (Å²) in [5.41, 5.74) is 1.14. The zero-order valence-corrected chi connectivity index (χ0v) is 15.2. The zero-order valence-electron chi connectivity index (χ0n) is 15.2. The topological polar surface area (TPSA) is 49.9 Å². The molecule has 0 spiro atoms. The molecule has 1 aliphatic heterocycles. The SMILES string of the molecule is COc1ccc(CCC(=O)N2CCN(C(=O)C(C)C3CC3)CC2)cc1. The average Bonchev–Trinajstić information content (AvgIpc) is 3.50. The summed E-state index contributed by atoms with van der Waals surface area (Å²) >= 11 is 0. The molecule has 1 saturated heterocycles. The van der Waals surface area contributed by atoms with Gasteiger partial charge in [-0.3, -0.25) is 9.59 Å². The highest BCUT2D eigenvalue weighted by molar-refractivity contribution is 5.80. The van der Waals surface area contributed by atoms with Crippen LogP contribution in [0.1, 0.15) is 31.7 Å². The molecule has 5 nitrogen and oxygen atoms in total. The maximum Gasteiger partial charge on any atom is 0.225 e. The van der Waals surface area contributed by atoms with Crippen molar-refractivity contribution in [3.8, 4) is 5.75 Å². The summed E-state index contributed by atoms with van der Waals surface area (Å²) in [5, 5.41) is 0. The third-order valence-electron chi connectivity index (χ3n) is 5.45. The van der Waals surface area contributed by atoms with Gasteiger partial charge in [0, 0.05) is 38.5 Å². The molecule has 0 bridgehead atoms. The van der Waals surface area contributed by atoms with Gasteiger partial charge < -0.3 is 14.5 Å². The number of aryl methyl sites for hydroxylation is 1. The molecule has 0 aromatic heterocycles. The van der Waals surface area contributed by atoms with E-state index in [2.05, 4.69) is 0 Å². The second-order valence-electron chi connectivity index (χ2n) is 7.18. The van der Waals surface area contributed by atoms with Gasteiger partial charge in [0.25, 0.3) is 0 Å². The Balaban J connectivity index is 1.42. The Morgan fingerprint density at radius 2 is 1.68 bits per heavy atom. The molecule has 2 amide bonds. The van der Waals surface area contributed by atoms with E-state index in [9.17, 15) is 9.59 Å². The Labute approximate surface area is 149 Å². The van der Waals surface area contributed by atoms with Gasteiger partial charge in [0.15, 0.2) is 0 Å². The Morgan fingerprint density at radius 1 is 1.08 bits per heavy atom. The zero-order chi connectivity index (χ0) is 17.8. The molecule has 1 aromatic carbocycles. The molecular formula is C20H28N2O3. The number of carbonyl (C=O) groups excluding carboxylic acids is 2. The molecule has 3 rings (SSSR count). The lowest BCUT2D eigenvalue weighted by Crippen LogP contribution is -2.52. The molecule has 2 fully saturated rings. The van der Waals surface area contributed by atoms with Crippen molar-refractivity contribution in [2.24, 2.45) is 11.8 Å². The van der Waals surface area contributed by atoms with Crippen LogP contribution in [0.3, 0.4) is 0 Å². The second-order valence-corrected chi connectivity index (χ2v) is 7.18. The van der Waals surface area contributed by atoms with Crippen molar-refractivity contribution >= 4 is 11.8 Å². The number of hydrogen-bond donors (Lipinski definition) is 0. The molecule has 0 radical (unpaired) electrons. The quantitative estimate of drug-likeness (QED) is 0.796. The van der Waals surface area contributed by atoms with E-state index in [1.165, 1.54) is 12.8 Å². The third kappa shape index (κ3) is 4.53. The largest absolute Gasteiger partial charge is 0.497 e. The van der Waals surface area contributed by atoms with Crippen molar-refractivity contribution in [2.75, 3.05) is 33.3 Å². The Hall–Kier alpha value is -2.04. The van der Waals surface area contributed by atoms with Crippen molar-refractivity contribution < 1.29 is 14.3 Å². The number of carbonyl (C=O) groups is 2. The standard InChI is InChI=1S/C20H28N2O3/c1-15(17-6-7-17)20(24)22-13-11-21(12-14-22)19(23)10-5-16-3-8-18(25-2)9-4-16/h3-4,8-9,15,17H,5-7,10-14H2,1-2H3. The minimum Gasteiger partial charge on any atom is -0.497 e. The van der Waals surface area contributed by atoms with E-state index in [0.29, 0.717) is 38.5 Å². The fraction of sp³-hybridized carbons (Fsp3) is 0.600. The molecule has 2 aliphatic rings. The summed E-state index contributed by atoms with van der Waals surface area (Å²) in [6, 6.07) is 7.85. The summed E-state index contributed by atoms with van der Waals surface area (Å²) in [6.45, 7) is 4.70. The fourth-order valence-electron chi connectivity index (χ4n) is 3.46. The fourth-order valence-corrected chi connectivity index (χ4v) is 3.46. The van der Waals surface area contributed by atoms with Gasteiger partial charge in [-0.1, -0.05) is 19.1 Å². The van der Waals surface area contributed by atoms with E-state index >= 15 is 0 Å². The molecule has 1 unspecified atom stereocenters. The van der Waals surface area contributed by atoms with Crippen LogP contribution in [0.2, 0.25) is 0 Å². The number of methoxy groups -OCH3 is 1. The maximum absolute atomic E-state index is 12.4. The van der Waals surface area contributed by atoms with E-state index in [-0.39, 0.29) is 17.7 Å². The predicted octanol–water partition coefficient (Wildman–Crippen LogP) is 2.34. The summed E-state index contributed by atoms with van der Waals surface area (Å²) in [5.74, 6) is 2.02. The van der Waals surface area contributed by atoms with E-state index < -0.39 is 0 Å². The smallest absolute Gasteiger partial charge is 0.225 e. The van der Waals surface area contributed by atoms with E-state index in [1.807, 2.05) is 41.0 Å². The van der Waals surface area contributed by atoms with Crippen molar-refractivity contribution in [1.29, 1.82) is 0 Å². The summed E-state index contributed by atoms with van der Waals surface area (Å²) in [4.78, 5) is 28.7. The van der Waals surface area contributed by atoms with Gasteiger partial charge in [-0.15, -0.1) is 0 Å². The number of piperazine rings is 1. The lowest BCUT2D eigenvalue weighted by Gasteiger charge is -2.36. The number of nitrogens with zero attached hydrogens (tertiary/aromatic N) is 2. The number of rotatable bonds is 6. The monoisotopic (exact) mass is 344 g/mol. The number of ether oxygens (including phenoxy) is 1. The van der Waals surface area contributed by atoms with Crippen LogP contribution in [0.4, 0.5) is 0 Å². The molecule has 1 heterocycles. The average molecular weight is 344 g/mol. The minimum atomic E-state index is 0.150. The summed E-state index contributed by atoms with van der Waals surface area (Å²) in [6.07, 6.45) is 3.63. The molecule has 1 aromatic rings. The second kappa shape index (κ2) is 7.89. The number of hydrogen-bond acceptors (Lipinski definition) is 3. The van der Waals surface area contributed by atoms with Crippen LogP contribution in [0, 0.1) is 11.8 Å². The molecule has 1 atom stereocenters. The first-order chi connectivity index (χ1) is 12.1. The predicted molar refractivity (Wildman–Crippen MR) is 96.4 cm³/mol. The first-order valence-electron chi connectivity index (χ1n) is 9.28. The van der Waals surface area contributed by atoms with Gasteiger partial charge in [-0.2, -0.15) is 0 Å². The molecule has 25 heavy (non-hydrogen) atoms. The lowest BCUT2D eigenvalue weighted by atomic mass is 10.0. The highest BCUT2D eigenvalue weighted by Crippen LogP contribution is 2.37. The van der Waals surface area contributed by atoms with Crippen LogP contribution < -0.4 is 4.74 Å². The Kier molecular flexibility index (Phi) is 5.61. The molecule has 5 heteroatoms. The maximum atomic E-state index is 12.4.